The molecule has 1 aliphatic rings. The fraction of sp³-hybridized carbons (Fsp3) is 0.0714. The van der Waals surface area contributed by atoms with Gasteiger partial charge in [0.15, 0.2) is 0 Å². The highest BCUT2D eigenvalue weighted by Gasteiger charge is 2.31. The zero-order chi connectivity index (χ0) is 13.4. The molecular formula is C14H10FNO2S. The van der Waals surface area contributed by atoms with Gasteiger partial charge >= 0.3 is 0 Å². The summed E-state index contributed by atoms with van der Waals surface area (Å²) in [5.41, 5.74) is 1.46. The van der Waals surface area contributed by atoms with Gasteiger partial charge < -0.3 is 5.11 Å². The number of hydrogen-bond acceptors (Lipinski definition) is 3. The summed E-state index contributed by atoms with van der Waals surface area (Å²) in [5.74, 6) is -0.189. The van der Waals surface area contributed by atoms with Crippen LogP contribution in [0.5, 0.6) is 5.75 Å². The smallest absolute Gasteiger partial charge is 0.215 e. The van der Waals surface area contributed by atoms with E-state index in [2.05, 4.69) is 0 Å². The van der Waals surface area contributed by atoms with Gasteiger partial charge in [-0.25, -0.2) is 4.39 Å². The first-order chi connectivity index (χ1) is 9.19. The van der Waals surface area contributed by atoms with Crippen LogP contribution >= 0.6 is 11.8 Å². The topological polar surface area (TPSA) is 40.5 Å². The zero-order valence-electron chi connectivity index (χ0n) is 9.79. The van der Waals surface area contributed by atoms with Crippen LogP contribution in [0.25, 0.3) is 0 Å². The first-order valence-corrected chi connectivity index (χ1v) is 6.56. The molecule has 2 aromatic rings. The molecule has 1 heterocycles. The molecule has 3 rings (SSSR count). The van der Waals surface area contributed by atoms with Crippen LogP contribution in [-0.2, 0) is 4.79 Å². The van der Waals surface area contributed by atoms with Crippen molar-refractivity contribution in [1.82, 2.24) is 0 Å². The Kier molecular flexibility index (Phi) is 2.91. The minimum Gasteiger partial charge on any atom is -0.508 e. The highest BCUT2D eigenvalue weighted by molar-refractivity contribution is 8.00. The molecule has 0 fully saturated rings. The Morgan fingerprint density at radius 1 is 1.21 bits per heavy atom. The monoisotopic (exact) mass is 275 g/mol. The fourth-order valence-electron chi connectivity index (χ4n) is 2.07. The molecule has 1 amide bonds. The lowest BCUT2D eigenvalue weighted by atomic mass is 10.2. The summed E-state index contributed by atoms with van der Waals surface area (Å²) >= 11 is 1.48. The predicted octanol–water partition coefficient (Wildman–Crippen LogP) is 3.30. The summed E-state index contributed by atoms with van der Waals surface area (Å²) in [7, 11) is 0. The van der Waals surface area contributed by atoms with Crippen molar-refractivity contribution >= 4 is 23.9 Å². The third kappa shape index (κ3) is 2.06. The number of carbonyl (C=O) groups is 1. The molecule has 3 nitrogen and oxygen atoms in total. The number of carbonyl (C=O) groups excluding carboxylic acids is 1. The standard InChI is InChI=1S/C14H10FNO2S/c15-10-3-6-13-12(7-10)16(8-17)14(19-13)9-1-4-11(18)5-2-9/h1-8,14,18H. The normalized spacial score (nSPS) is 17.3. The number of anilines is 1. The van der Waals surface area contributed by atoms with Crippen molar-refractivity contribution < 1.29 is 14.3 Å². The van der Waals surface area contributed by atoms with Gasteiger partial charge in [0.25, 0.3) is 0 Å². The zero-order valence-corrected chi connectivity index (χ0v) is 10.6. The van der Waals surface area contributed by atoms with Crippen LogP contribution in [0.3, 0.4) is 0 Å². The maximum absolute atomic E-state index is 13.3. The predicted molar refractivity (Wildman–Crippen MR) is 71.6 cm³/mol. The molecule has 0 saturated heterocycles. The quantitative estimate of drug-likeness (QED) is 0.855. The molecule has 19 heavy (non-hydrogen) atoms. The van der Waals surface area contributed by atoms with Crippen molar-refractivity contribution in [3.05, 3.63) is 53.8 Å². The van der Waals surface area contributed by atoms with E-state index >= 15 is 0 Å². The molecule has 1 unspecified atom stereocenters. The Hall–Kier alpha value is -2.01. The summed E-state index contributed by atoms with van der Waals surface area (Å²) in [4.78, 5) is 13.6. The van der Waals surface area contributed by atoms with Crippen LogP contribution in [0.15, 0.2) is 47.4 Å². The number of amides is 1. The van der Waals surface area contributed by atoms with Gasteiger partial charge in [-0.2, -0.15) is 0 Å². The van der Waals surface area contributed by atoms with Crippen molar-refractivity contribution in [2.75, 3.05) is 4.90 Å². The number of hydrogen-bond donors (Lipinski definition) is 1. The minimum atomic E-state index is -0.363. The van der Waals surface area contributed by atoms with E-state index in [4.69, 9.17) is 0 Å². The van der Waals surface area contributed by atoms with Gasteiger partial charge in [-0.15, -0.1) is 0 Å². The second kappa shape index (κ2) is 4.59. The molecule has 2 aromatic carbocycles. The third-order valence-corrected chi connectivity index (χ3v) is 4.30. The third-order valence-electron chi connectivity index (χ3n) is 2.98. The van der Waals surface area contributed by atoms with Crippen molar-refractivity contribution in [1.29, 1.82) is 0 Å². The van der Waals surface area contributed by atoms with E-state index in [0.717, 1.165) is 10.5 Å². The molecule has 1 atom stereocenters. The van der Waals surface area contributed by atoms with E-state index in [9.17, 15) is 14.3 Å². The maximum Gasteiger partial charge on any atom is 0.215 e. The minimum absolute atomic E-state index is 0.174. The van der Waals surface area contributed by atoms with Gasteiger partial charge in [0, 0.05) is 4.90 Å². The van der Waals surface area contributed by atoms with Gasteiger partial charge in [0.05, 0.1) is 5.69 Å². The lowest BCUT2D eigenvalue weighted by Gasteiger charge is -2.20. The van der Waals surface area contributed by atoms with Crippen LogP contribution in [0.1, 0.15) is 10.9 Å². The van der Waals surface area contributed by atoms with E-state index in [0.29, 0.717) is 12.1 Å². The van der Waals surface area contributed by atoms with Crippen LogP contribution in [-0.4, -0.2) is 11.5 Å². The SMILES string of the molecule is O=CN1c2cc(F)ccc2SC1c1ccc(O)cc1. The first-order valence-electron chi connectivity index (χ1n) is 5.68. The molecule has 5 heteroatoms. The Morgan fingerprint density at radius 3 is 2.63 bits per heavy atom. The van der Waals surface area contributed by atoms with Crippen LogP contribution in [0.2, 0.25) is 0 Å². The van der Waals surface area contributed by atoms with Crippen LogP contribution in [0, 0.1) is 5.82 Å². The lowest BCUT2D eigenvalue weighted by Crippen LogP contribution is -2.20. The van der Waals surface area contributed by atoms with Gasteiger partial charge in [-0.05, 0) is 35.9 Å². The van der Waals surface area contributed by atoms with Gasteiger partial charge in [0.2, 0.25) is 6.41 Å². The second-order valence-corrected chi connectivity index (χ2v) is 5.31. The Bertz CT molecular complexity index is 630. The molecular weight excluding hydrogens is 265 g/mol. The van der Waals surface area contributed by atoms with Gasteiger partial charge in [-0.3, -0.25) is 9.69 Å². The molecule has 0 aliphatic carbocycles. The van der Waals surface area contributed by atoms with Gasteiger partial charge in [-0.1, -0.05) is 23.9 Å². The number of benzene rings is 2. The molecule has 1 aliphatic heterocycles. The number of aromatic hydroxyl groups is 1. The van der Waals surface area contributed by atoms with Crippen LogP contribution < -0.4 is 4.90 Å². The molecule has 0 aromatic heterocycles. The number of rotatable bonds is 2. The lowest BCUT2D eigenvalue weighted by molar-refractivity contribution is -0.107. The van der Waals surface area contributed by atoms with Crippen molar-refractivity contribution in [3.63, 3.8) is 0 Å². The number of halogens is 1. The van der Waals surface area contributed by atoms with Crippen LogP contribution in [0.4, 0.5) is 10.1 Å². The Labute approximate surface area is 113 Å². The van der Waals surface area contributed by atoms with Crippen molar-refractivity contribution in [3.8, 4) is 5.75 Å². The number of phenolic OH excluding ortho intramolecular Hbond substituents is 1. The van der Waals surface area contributed by atoms with E-state index in [-0.39, 0.29) is 16.9 Å². The molecule has 0 bridgehead atoms. The molecule has 1 N–H and O–H groups in total. The molecule has 0 radical (unpaired) electrons. The van der Waals surface area contributed by atoms with E-state index in [1.54, 1.807) is 30.3 Å². The van der Waals surface area contributed by atoms with E-state index in [1.807, 2.05) is 0 Å². The maximum atomic E-state index is 13.3. The highest BCUT2D eigenvalue weighted by Crippen LogP contribution is 2.50. The summed E-state index contributed by atoms with van der Waals surface area (Å²) in [6, 6.07) is 11.1. The first kappa shape index (κ1) is 12.0. The van der Waals surface area contributed by atoms with Crippen molar-refractivity contribution in [2.24, 2.45) is 0 Å². The number of thioether (sulfide) groups is 1. The summed E-state index contributed by atoms with van der Waals surface area (Å²) in [5, 5.41) is 9.07. The summed E-state index contributed by atoms with van der Waals surface area (Å²) < 4.78 is 13.3. The highest BCUT2D eigenvalue weighted by atomic mass is 32.2. The van der Waals surface area contributed by atoms with Gasteiger partial charge in [0.1, 0.15) is 16.9 Å². The second-order valence-electron chi connectivity index (χ2n) is 4.19. The number of phenols is 1. The van der Waals surface area contributed by atoms with E-state index in [1.165, 1.54) is 28.8 Å². The molecule has 0 saturated carbocycles. The summed E-state index contributed by atoms with van der Waals surface area (Å²) in [6.45, 7) is 0. The summed E-state index contributed by atoms with van der Waals surface area (Å²) in [6.07, 6.45) is 0.704. The molecule has 0 spiro atoms. The Balaban J connectivity index is 2.02. The fourth-order valence-corrected chi connectivity index (χ4v) is 3.32. The van der Waals surface area contributed by atoms with E-state index < -0.39 is 0 Å². The van der Waals surface area contributed by atoms with Crippen molar-refractivity contribution in [2.45, 2.75) is 10.3 Å². The average molecular weight is 275 g/mol. The number of nitrogens with zero attached hydrogens (tertiary/aromatic N) is 1. The molecule has 96 valence electrons. The Morgan fingerprint density at radius 2 is 1.95 bits per heavy atom. The number of fused-ring (bicyclic) bond motifs is 1. The largest absolute Gasteiger partial charge is 0.508 e. The average Bonchev–Trinajstić information content (AvgIpc) is 2.77.